The van der Waals surface area contributed by atoms with Gasteiger partial charge in [-0.05, 0) is 12.8 Å². The van der Waals surface area contributed by atoms with E-state index in [0.717, 1.165) is 12.8 Å². The molecule has 0 atom stereocenters. The van der Waals surface area contributed by atoms with Crippen LogP contribution < -0.4 is 0 Å². The normalized spacial score (nSPS) is 11.8. The van der Waals surface area contributed by atoms with E-state index in [1.165, 1.54) is 321 Å². The fourth-order valence-electron chi connectivity index (χ4n) is 9.16. The average molecular weight is 868 g/mol. The fraction of sp³-hybridized carbons (Fsp3) is 1.00. The van der Waals surface area contributed by atoms with Crippen molar-refractivity contribution in [1.29, 1.82) is 0 Å². The van der Waals surface area contributed by atoms with Gasteiger partial charge in [0, 0.05) is 0 Å². The van der Waals surface area contributed by atoms with Crippen molar-refractivity contribution in [2.45, 2.75) is 348 Å². The Morgan fingerprint density at radius 1 is 0.200 bits per heavy atom. The molecule has 1 N–H and O–H groups in total. The van der Waals surface area contributed by atoms with Crippen molar-refractivity contribution in [2.75, 3.05) is 13.2 Å². The Bertz CT molecular complexity index is 661. The van der Waals surface area contributed by atoms with Crippen LogP contribution in [0.15, 0.2) is 0 Å². The van der Waals surface area contributed by atoms with E-state index in [4.69, 9.17) is 9.05 Å². The van der Waals surface area contributed by atoms with Gasteiger partial charge < -0.3 is 13.9 Å². The van der Waals surface area contributed by atoms with Crippen molar-refractivity contribution in [3.8, 4) is 0 Å². The third-order valence-corrected chi connectivity index (χ3v) is 14.2. The molecule has 0 aromatic rings. The summed E-state index contributed by atoms with van der Waals surface area (Å²) in [5.41, 5.74) is 0. The lowest BCUT2D eigenvalue weighted by molar-refractivity contribution is 0.193. The molecule has 60 heavy (non-hydrogen) atoms. The van der Waals surface area contributed by atoms with Crippen molar-refractivity contribution in [3.63, 3.8) is 0 Å². The van der Waals surface area contributed by atoms with Gasteiger partial charge in [-0.1, -0.05) is 335 Å². The topological polar surface area (TPSA) is 38.7 Å². The lowest BCUT2D eigenvalue weighted by atomic mass is 10.0. The zero-order valence-corrected chi connectivity index (χ0v) is 42.8. The van der Waals surface area contributed by atoms with Gasteiger partial charge in [0.1, 0.15) is 0 Å². The first kappa shape index (κ1) is 60.3. The number of hydrogen-bond donors (Lipinski definition) is 1. The van der Waals surface area contributed by atoms with E-state index in [-0.39, 0.29) is 0 Å². The van der Waals surface area contributed by atoms with E-state index >= 15 is 0 Å². The molecule has 0 heterocycles. The quantitative estimate of drug-likeness (QED) is 0.0489. The molecule has 0 radical (unpaired) electrons. The summed E-state index contributed by atoms with van der Waals surface area (Å²) >= 11 is 0. The van der Waals surface area contributed by atoms with Gasteiger partial charge in [0.2, 0.25) is 0 Å². The molecule has 0 rings (SSSR count). The second-order valence-corrected chi connectivity index (χ2v) is 20.6. The first-order valence-electron chi connectivity index (χ1n) is 28.6. The summed E-state index contributed by atoms with van der Waals surface area (Å²) in [6.07, 6.45) is 73.7. The van der Waals surface area contributed by atoms with Crippen LogP contribution in [0.25, 0.3) is 0 Å². The van der Waals surface area contributed by atoms with Crippen LogP contribution >= 0.6 is 8.60 Å². The number of hydrogen-bond acceptors (Lipinski definition) is 3. The fourth-order valence-corrected chi connectivity index (χ4v) is 9.80. The first-order chi connectivity index (χ1) is 29.8. The summed E-state index contributed by atoms with van der Waals surface area (Å²) in [6.45, 7) is 5.89. The highest BCUT2D eigenvalue weighted by Crippen LogP contribution is 2.33. The molecular formula is C56H115O3P. The molecule has 0 amide bonds. The standard InChI is InChI=1S/C56H115O3P/c1-3-5-7-9-11-13-15-17-19-21-23-25-27-29-31-33-35-37-39-41-43-45-47-49-51-53-55-58-60(57)59-56-54-52-50-48-46-44-42-40-38-36-34-32-30-28-26-24-22-20-18-16-14-12-10-8-6-4-2/h57H,3-56H2,1-2H3. The van der Waals surface area contributed by atoms with Crippen molar-refractivity contribution in [2.24, 2.45) is 0 Å². The van der Waals surface area contributed by atoms with E-state index < -0.39 is 8.60 Å². The molecule has 3 nitrogen and oxygen atoms in total. The summed E-state index contributed by atoms with van der Waals surface area (Å²) in [4.78, 5) is 10.1. The zero-order chi connectivity index (χ0) is 43.2. The summed E-state index contributed by atoms with van der Waals surface area (Å²) in [6, 6.07) is 0. The summed E-state index contributed by atoms with van der Waals surface area (Å²) < 4.78 is 11.1. The van der Waals surface area contributed by atoms with Crippen molar-refractivity contribution >= 4 is 8.60 Å². The van der Waals surface area contributed by atoms with Crippen molar-refractivity contribution in [1.82, 2.24) is 0 Å². The minimum absolute atomic E-state index is 0.640. The molecule has 0 aliphatic heterocycles. The van der Waals surface area contributed by atoms with Gasteiger partial charge in [0.05, 0.1) is 13.2 Å². The minimum Gasteiger partial charge on any atom is -0.328 e. The zero-order valence-electron chi connectivity index (χ0n) is 41.9. The molecule has 0 saturated carbocycles. The monoisotopic (exact) mass is 867 g/mol. The average Bonchev–Trinajstić information content (AvgIpc) is 3.25. The molecule has 0 bridgehead atoms. The van der Waals surface area contributed by atoms with E-state index in [1.807, 2.05) is 0 Å². The van der Waals surface area contributed by atoms with E-state index in [2.05, 4.69) is 13.8 Å². The van der Waals surface area contributed by atoms with E-state index in [0.29, 0.717) is 13.2 Å². The van der Waals surface area contributed by atoms with Crippen molar-refractivity contribution < 1.29 is 13.9 Å². The highest BCUT2D eigenvalue weighted by atomic mass is 31.2. The third-order valence-electron chi connectivity index (χ3n) is 13.4. The lowest BCUT2D eigenvalue weighted by Gasteiger charge is -2.10. The molecule has 0 aliphatic rings. The molecule has 0 fully saturated rings. The molecule has 0 aliphatic carbocycles. The van der Waals surface area contributed by atoms with Crippen molar-refractivity contribution in [3.05, 3.63) is 0 Å². The highest BCUT2D eigenvalue weighted by Gasteiger charge is 2.06. The minimum atomic E-state index is -1.68. The van der Waals surface area contributed by atoms with Crippen LogP contribution in [-0.4, -0.2) is 18.1 Å². The second kappa shape index (κ2) is 57.3. The summed E-state index contributed by atoms with van der Waals surface area (Å²) in [7, 11) is -1.68. The molecule has 362 valence electrons. The Morgan fingerprint density at radius 2 is 0.317 bits per heavy atom. The summed E-state index contributed by atoms with van der Waals surface area (Å²) in [5.74, 6) is 0. The third kappa shape index (κ3) is 56.3. The molecule has 4 heteroatoms. The maximum absolute atomic E-state index is 10.1. The van der Waals surface area contributed by atoms with Gasteiger partial charge >= 0.3 is 8.60 Å². The SMILES string of the molecule is CCCCCCCCCCCCCCCCCCCCCCCCCCCCOP(O)OCCCCCCCCCCCCCCCCCCCCCCCCCCCC. The molecule has 0 saturated heterocycles. The largest absolute Gasteiger partial charge is 0.329 e. The Balaban J connectivity index is 3.14. The molecule has 0 aromatic heterocycles. The van der Waals surface area contributed by atoms with Crippen LogP contribution in [0.2, 0.25) is 0 Å². The van der Waals surface area contributed by atoms with Gasteiger partial charge in [-0.15, -0.1) is 0 Å². The first-order valence-corrected chi connectivity index (χ1v) is 29.7. The van der Waals surface area contributed by atoms with Gasteiger partial charge in [0.25, 0.3) is 0 Å². The Morgan fingerprint density at radius 3 is 0.450 bits per heavy atom. The van der Waals surface area contributed by atoms with Crippen LogP contribution in [0, 0.1) is 0 Å². The van der Waals surface area contributed by atoms with Gasteiger partial charge in [-0.2, -0.15) is 0 Å². The number of rotatable bonds is 56. The number of unbranched alkanes of at least 4 members (excludes halogenated alkanes) is 50. The summed E-state index contributed by atoms with van der Waals surface area (Å²) in [5, 5.41) is 0. The van der Waals surface area contributed by atoms with Crippen LogP contribution in [0.3, 0.4) is 0 Å². The van der Waals surface area contributed by atoms with Crippen LogP contribution in [-0.2, 0) is 9.05 Å². The van der Waals surface area contributed by atoms with Gasteiger partial charge in [0.15, 0.2) is 0 Å². The van der Waals surface area contributed by atoms with Crippen LogP contribution in [0.5, 0.6) is 0 Å². The maximum atomic E-state index is 10.1. The van der Waals surface area contributed by atoms with E-state index in [9.17, 15) is 4.89 Å². The van der Waals surface area contributed by atoms with Crippen LogP contribution in [0.1, 0.15) is 348 Å². The predicted molar refractivity (Wildman–Crippen MR) is 272 cm³/mol. The second-order valence-electron chi connectivity index (χ2n) is 19.6. The highest BCUT2D eigenvalue weighted by molar-refractivity contribution is 7.40. The Kier molecular flexibility index (Phi) is 57.6. The predicted octanol–water partition coefficient (Wildman–Crippen LogP) is 21.6. The molecule has 0 unspecified atom stereocenters. The van der Waals surface area contributed by atoms with Crippen LogP contribution in [0.4, 0.5) is 0 Å². The van der Waals surface area contributed by atoms with E-state index in [1.54, 1.807) is 0 Å². The van der Waals surface area contributed by atoms with Gasteiger partial charge in [-0.25, -0.2) is 0 Å². The molecule has 0 aromatic carbocycles. The lowest BCUT2D eigenvalue weighted by Crippen LogP contribution is -1.95. The smallest absolute Gasteiger partial charge is 0.328 e. The van der Waals surface area contributed by atoms with Gasteiger partial charge in [-0.3, -0.25) is 0 Å². The molecule has 0 spiro atoms. The Hall–Kier alpha value is 0.310. The Labute approximate surface area is 382 Å². The molecular weight excluding hydrogens is 752 g/mol. The maximum Gasteiger partial charge on any atom is 0.329 e.